The van der Waals surface area contributed by atoms with Gasteiger partial charge in [-0.2, -0.15) is 0 Å². The van der Waals surface area contributed by atoms with Gasteiger partial charge in [-0.3, -0.25) is 0 Å². The summed E-state index contributed by atoms with van der Waals surface area (Å²) in [5, 5.41) is 0. The molecule has 2 rings (SSSR count). The van der Waals surface area contributed by atoms with Gasteiger partial charge in [0.05, 0.1) is 7.11 Å². The quantitative estimate of drug-likeness (QED) is 0.749. The summed E-state index contributed by atoms with van der Waals surface area (Å²) in [6.07, 6.45) is 2.16. The standard InChI is InChI=1S/C11H15NO/c1-8-4-3-5-9(13-2)10(8)11(12)6-7-11/h3-5H,6-7,12H2,1-2H3. The van der Waals surface area contributed by atoms with E-state index in [-0.39, 0.29) is 5.54 Å². The van der Waals surface area contributed by atoms with Crippen molar-refractivity contribution in [3.63, 3.8) is 0 Å². The molecule has 1 fully saturated rings. The molecule has 0 amide bonds. The van der Waals surface area contributed by atoms with Crippen molar-refractivity contribution >= 4 is 0 Å². The van der Waals surface area contributed by atoms with E-state index in [9.17, 15) is 0 Å². The van der Waals surface area contributed by atoms with Gasteiger partial charge < -0.3 is 10.5 Å². The second kappa shape index (κ2) is 2.74. The van der Waals surface area contributed by atoms with Crippen molar-refractivity contribution in [3.05, 3.63) is 29.3 Å². The fourth-order valence-corrected chi connectivity index (χ4v) is 1.83. The molecule has 2 heteroatoms. The van der Waals surface area contributed by atoms with Crippen LogP contribution in [0.5, 0.6) is 5.75 Å². The minimum atomic E-state index is -0.101. The predicted octanol–water partition coefficient (Wildman–Crippen LogP) is 1.95. The molecule has 13 heavy (non-hydrogen) atoms. The number of nitrogens with two attached hydrogens (primary N) is 1. The molecule has 2 nitrogen and oxygen atoms in total. The third-order valence-electron chi connectivity index (χ3n) is 2.74. The molecule has 1 aromatic carbocycles. The number of rotatable bonds is 2. The van der Waals surface area contributed by atoms with Crippen molar-refractivity contribution in [2.24, 2.45) is 5.73 Å². The van der Waals surface area contributed by atoms with Crippen LogP contribution in [0.3, 0.4) is 0 Å². The molecule has 0 saturated heterocycles. The number of benzene rings is 1. The Labute approximate surface area is 78.7 Å². The van der Waals surface area contributed by atoms with Crippen molar-refractivity contribution < 1.29 is 4.74 Å². The first-order valence-corrected chi connectivity index (χ1v) is 4.60. The SMILES string of the molecule is COc1cccc(C)c1C1(N)CC1. The highest BCUT2D eigenvalue weighted by atomic mass is 16.5. The van der Waals surface area contributed by atoms with E-state index in [1.807, 2.05) is 12.1 Å². The van der Waals surface area contributed by atoms with Gasteiger partial charge in [0.25, 0.3) is 0 Å². The Kier molecular flexibility index (Phi) is 1.81. The predicted molar refractivity (Wildman–Crippen MR) is 52.8 cm³/mol. The maximum absolute atomic E-state index is 6.17. The lowest BCUT2D eigenvalue weighted by Crippen LogP contribution is -2.20. The molecule has 0 aromatic heterocycles. The van der Waals surface area contributed by atoms with Crippen LogP contribution in [-0.4, -0.2) is 7.11 Å². The first-order chi connectivity index (χ1) is 6.17. The van der Waals surface area contributed by atoms with Crippen LogP contribution in [0.25, 0.3) is 0 Å². The molecule has 0 spiro atoms. The van der Waals surface area contributed by atoms with Gasteiger partial charge in [-0.1, -0.05) is 12.1 Å². The lowest BCUT2D eigenvalue weighted by Gasteiger charge is -2.16. The minimum absolute atomic E-state index is 0.101. The van der Waals surface area contributed by atoms with Crippen LogP contribution in [0.1, 0.15) is 24.0 Å². The van der Waals surface area contributed by atoms with E-state index in [2.05, 4.69) is 13.0 Å². The highest BCUT2D eigenvalue weighted by Gasteiger charge is 2.43. The van der Waals surface area contributed by atoms with E-state index in [1.165, 1.54) is 11.1 Å². The zero-order valence-corrected chi connectivity index (χ0v) is 8.13. The number of ether oxygens (including phenoxy) is 1. The Bertz CT molecular complexity index is 329. The molecule has 0 aliphatic heterocycles. The van der Waals surface area contributed by atoms with Crippen LogP contribution in [-0.2, 0) is 5.54 Å². The van der Waals surface area contributed by atoms with Crippen molar-refractivity contribution in [1.82, 2.24) is 0 Å². The van der Waals surface area contributed by atoms with Gasteiger partial charge >= 0.3 is 0 Å². The molecule has 0 bridgehead atoms. The molecule has 1 aromatic rings. The van der Waals surface area contributed by atoms with Crippen LogP contribution in [0.2, 0.25) is 0 Å². The molecular weight excluding hydrogens is 162 g/mol. The summed E-state index contributed by atoms with van der Waals surface area (Å²) >= 11 is 0. The van der Waals surface area contributed by atoms with Gasteiger partial charge in [0.15, 0.2) is 0 Å². The Morgan fingerprint density at radius 2 is 2.08 bits per heavy atom. The van der Waals surface area contributed by atoms with Crippen molar-refractivity contribution in [2.45, 2.75) is 25.3 Å². The maximum Gasteiger partial charge on any atom is 0.124 e. The number of hydrogen-bond donors (Lipinski definition) is 1. The second-order valence-electron chi connectivity index (χ2n) is 3.81. The number of aryl methyl sites for hydroxylation is 1. The van der Waals surface area contributed by atoms with Gasteiger partial charge in [-0.25, -0.2) is 0 Å². The average Bonchev–Trinajstić information content (AvgIpc) is 2.84. The van der Waals surface area contributed by atoms with Crippen LogP contribution < -0.4 is 10.5 Å². The van der Waals surface area contributed by atoms with Gasteiger partial charge in [-0.15, -0.1) is 0 Å². The molecule has 2 N–H and O–H groups in total. The van der Waals surface area contributed by atoms with Crippen molar-refractivity contribution in [2.75, 3.05) is 7.11 Å². The zero-order valence-electron chi connectivity index (χ0n) is 8.13. The molecule has 70 valence electrons. The van der Waals surface area contributed by atoms with Crippen LogP contribution in [0.4, 0.5) is 0 Å². The topological polar surface area (TPSA) is 35.2 Å². The highest BCUT2D eigenvalue weighted by molar-refractivity contribution is 5.47. The molecule has 1 aliphatic carbocycles. The van der Waals surface area contributed by atoms with E-state index >= 15 is 0 Å². The summed E-state index contributed by atoms with van der Waals surface area (Å²) in [5.41, 5.74) is 8.49. The lowest BCUT2D eigenvalue weighted by atomic mass is 9.99. The van der Waals surface area contributed by atoms with Crippen LogP contribution in [0, 0.1) is 6.92 Å². The van der Waals surface area contributed by atoms with E-state index in [1.54, 1.807) is 7.11 Å². The number of methoxy groups -OCH3 is 1. The third-order valence-corrected chi connectivity index (χ3v) is 2.74. The largest absolute Gasteiger partial charge is 0.496 e. The van der Waals surface area contributed by atoms with Gasteiger partial charge in [0, 0.05) is 11.1 Å². The Hall–Kier alpha value is -1.02. The average molecular weight is 177 g/mol. The summed E-state index contributed by atoms with van der Waals surface area (Å²) in [5.74, 6) is 0.931. The smallest absolute Gasteiger partial charge is 0.124 e. The van der Waals surface area contributed by atoms with E-state index in [0.717, 1.165) is 18.6 Å². The van der Waals surface area contributed by atoms with E-state index < -0.39 is 0 Å². The summed E-state index contributed by atoms with van der Waals surface area (Å²) in [4.78, 5) is 0. The third kappa shape index (κ3) is 1.31. The lowest BCUT2D eigenvalue weighted by molar-refractivity contribution is 0.404. The Morgan fingerprint density at radius 1 is 1.38 bits per heavy atom. The van der Waals surface area contributed by atoms with Gasteiger partial charge in [-0.05, 0) is 31.4 Å². The summed E-state index contributed by atoms with van der Waals surface area (Å²) in [6.45, 7) is 2.09. The van der Waals surface area contributed by atoms with E-state index in [4.69, 9.17) is 10.5 Å². The molecular formula is C11H15NO. The number of hydrogen-bond acceptors (Lipinski definition) is 2. The normalized spacial score (nSPS) is 18.4. The summed E-state index contributed by atoms with van der Waals surface area (Å²) < 4.78 is 5.31. The summed E-state index contributed by atoms with van der Waals surface area (Å²) in [6, 6.07) is 6.07. The minimum Gasteiger partial charge on any atom is -0.496 e. The zero-order chi connectivity index (χ0) is 9.47. The fourth-order valence-electron chi connectivity index (χ4n) is 1.83. The van der Waals surface area contributed by atoms with Gasteiger partial charge in [0.2, 0.25) is 0 Å². The monoisotopic (exact) mass is 177 g/mol. The molecule has 0 heterocycles. The van der Waals surface area contributed by atoms with Crippen LogP contribution >= 0.6 is 0 Å². The molecule has 1 aliphatic rings. The Balaban J connectivity index is 2.52. The first kappa shape index (κ1) is 8.57. The molecule has 0 radical (unpaired) electrons. The van der Waals surface area contributed by atoms with E-state index in [0.29, 0.717) is 0 Å². The van der Waals surface area contributed by atoms with Gasteiger partial charge in [0.1, 0.15) is 5.75 Å². The first-order valence-electron chi connectivity index (χ1n) is 4.60. The van der Waals surface area contributed by atoms with Crippen molar-refractivity contribution in [1.29, 1.82) is 0 Å². The van der Waals surface area contributed by atoms with Crippen LogP contribution in [0.15, 0.2) is 18.2 Å². The van der Waals surface area contributed by atoms with Crippen molar-refractivity contribution in [3.8, 4) is 5.75 Å². The highest BCUT2D eigenvalue weighted by Crippen LogP contribution is 2.47. The second-order valence-corrected chi connectivity index (χ2v) is 3.81. The molecule has 0 atom stereocenters. The molecule has 1 saturated carbocycles. The Morgan fingerprint density at radius 3 is 2.62 bits per heavy atom. The maximum atomic E-state index is 6.17. The summed E-state index contributed by atoms with van der Waals surface area (Å²) in [7, 11) is 1.70. The molecule has 0 unspecified atom stereocenters. The fraction of sp³-hybridized carbons (Fsp3) is 0.455.